The fourth-order valence-electron chi connectivity index (χ4n) is 1.70. The maximum absolute atomic E-state index is 13.6. The Bertz CT molecular complexity index is 505. The Morgan fingerprint density at radius 2 is 2.18 bits per heavy atom. The fraction of sp³-hybridized carbons (Fsp3) is 0.533. The summed E-state index contributed by atoms with van der Waals surface area (Å²) in [6, 6.07) is 4.27. The maximum Gasteiger partial charge on any atom is 0.232 e. The van der Waals surface area contributed by atoms with Gasteiger partial charge in [-0.1, -0.05) is 17.7 Å². The van der Waals surface area contributed by atoms with Crippen molar-refractivity contribution in [1.82, 2.24) is 5.32 Å². The third-order valence-electron chi connectivity index (χ3n) is 2.75. The number of hydrogen-bond donors (Lipinski definition) is 1. The summed E-state index contributed by atoms with van der Waals surface area (Å²) in [7, 11) is -1.50. The predicted octanol–water partition coefficient (Wildman–Crippen LogP) is 2.66. The lowest BCUT2D eigenvalue weighted by Gasteiger charge is -2.09. The summed E-state index contributed by atoms with van der Waals surface area (Å²) in [6.45, 7) is 4.90. The van der Waals surface area contributed by atoms with Gasteiger partial charge in [-0.15, -0.1) is 0 Å². The zero-order valence-corrected chi connectivity index (χ0v) is 14.3. The van der Waals surface area contributed by atoms with Crippen LogP contribution in [0.25, 0.3) is 0 Å². The summed E-state index contributed by atoms with van der Waals surface area (Å²) in [5.41, 5.74) is 0.181. The van der Waals surface area contributed by atoms with Gasteiger partial charge < -0.3 is 10.1 Å². The normalized spacial score (nSPS) is 12.4. The molecule has 0 aliphatic rings. The Balaban J connectivity index is 2.31. The fourth-order valence-corrected chi connectivity index (χ4v) is 3.12. The van der Waals surface area contributed by atoms with Crippen LogP contribution in [0.1, 0.15) is 25.8 Å². The van der Waals surface area contributed by atoms with E-state index in [2.05, 4.69) is 5.32 Å². The first-order valence-electron chi connectivity index (χ1n) is 7.06. The molecule has 0 saturated carbocycles. The minimum atomic E-state index is -1.50. The molecule has 1 aromatic rings. The molecule has 0 saturated heterocycles. The van der Waals surface area contributed by atoms with E-state index in [9.17, 15) is 13.4 Å². The summed E-state index contributed by atoms with van der Waals surface area (Å²) in [5, 5.41) is 2.89. The van der Waals surface area contributed by atoms with Crippen molar-refractivity contribution in [3.63, 3.8) is 0 Å². The van der Waals surface area contributed by atoms with Crippen LogP contribution < -0.4 is 5.32 Å². The lowest BCUT2D eigenvalue weighted by Crippen LogP contribution is -2.30. The monoisotopic (exact) mass is 349 g/mol. The molecule has 1 N–H and O–H groups in total. The van der Waals surface area contributed by atoms with E-state index in [1.807, 2.05) is 13.8 Å². The Hall–Kier alpha value is -0.980. The van der Waals surface area contributed by atoms with E-state index in [0.29, 0.717) is 19.6 Å². The molecule has 124 valence electrons. The van der Waals surface area contributed by atoms with E-state index >= 15 is 0 Å². The van der Waals surface area contributed by atoms with Gasteiger partial charge in [0.15, 0.2) is 0 Å². The number of hydrogen-bond acceptors (Lipinski definition) is 3. The van der Waals surface area contributed by atoms with Gasteiger partial charge in [-0.05, 0) is 32.4 Å². The summed E-state index contributed by atoms with van der Waals surface area (Å²) in [6.07, 6.45) is 0.851. The standard InChI is InChI=1S/C15H21ClFNO3S/c1-11(2)21-8-4-7-18-15(19)10-22(20)9-12-13(16)5-3-6-14(12)17/h3,5-6,11H,4,7-10H2,1-2H3,(H,18,19)/t22-/m0/s1. The van der Waals surface area contributed by atoms with E-state index in [-0.39, 0.29) is 34.1 Å². The summed E-state index contributed by atoms with van der Waals surface area (Å²) >= 11 is 5.87. The highest BCUT2D eigenvalue weighted by atomic mass is 35.5. The predicted molar refractivity (Wildman–Crippen MR) is 86.8 cm³/mol. The maximum atomic E-state index is 13.6. The van der Waals surface area contributed by atoms with Gasteiger partial charge in [-0.25, -0.2) is 4.39 Å². The molecule has 4 nitrogen and oxygen atoms in total. The number of nitrogens with one attached hydrogen (secondary N) is 1. The van der Waals surface area contributed by atoms with Crippen LogP contribution in [-0.2, 0) is 26.1 Å². The van der Waals surface area contributed by atoms with Crippen molar-refractivity contribution in [1.29, 1.82) is 0 Å². The zero-order valence-electron chi connectivity index (χ0n) is 12.7. The zero-order chi connectivity index (χ0) is 16.5. The first-order chi connectivity index (χ1) is 10.4. The van der Waals surface area contributed by atoms with Gasteiger partial charge in [0.1, 0.15) is 11.6 Å². The summed E-state index contributed by atoms with van der Waals surface area (Å²) in [5.74, 6) is -1.08. The molecule has 7 heteroatoms. The molecule has 0 radical (unpaired) electrons. The van der Waals surface area contributed by atoms with Gasteiger partial charge in [0.2, 0.25) is 5.91 Å². The second-order valence-corrected chi connectivity index (χ2v) is 6.92. The Morgan fingerprint density at radius 3 is 2.82 bits per heavy atom. The van der Waals surface area contributed by atoms with Crippen LogP contribution in [0.4, 0.5) is 4.39 Å². The van der Waals surface area contributed by atoms with E-state index in [1.54, 1.807) is 0 Å². The molecule has 22 heavy (non-hydrogen) atoms. The summed E-state index contributed by atoms with van der Waals surface area (Å²) < 4.78 is 30.8. The van der Waals surface area contributed by atoms with Crippen molar-refractivity contribution >= 4 is 28.3 Å². The van der Waals surface area contributed by atoms with Crippen LogP contribution >= 0.6 is 11.6 Å². The third kappa shape index (κ3) is 7.33. The number of halogens is 2. The number of rotatable bonds is 9. The van der Waals surface area contributed by atoms with Crippen LogP contribution in [0.3, 0.4) is 0 Å². The molecule has 1 rings (SSSR count). The van der Waals surface area contributed by atoms with Gasteiger partial charge >= 0.3 is 0 Å². The molecule has 0 fully saturated rings. The van der Waals surface area contributed by atoms with Crippen LogP contribution in [0.5, 0.6) is 0 Å². The first kappa shape index (κ1) is 19.1. The number of amides is 1. The van der Waals surface area contributed by atoms with Crippen molar-refractivity contribution in [3.8, 4) is 0 Å². The number of ether oxygens (including phenoxy) is 1. The molecule has 0 aliphatic heterocycles. The molecule has 0 heterocycles. The molecule has 1 atom stereocenters. The van der Waals surface area contributed by atoms with Gasteiger partial charge in [0, 0.05) is 34.5 Å². The van der Waals surface area contributed by atoms with Gasteiger partial charge in [0.25, 0.3) is 0 Å². The highest BCUT2D eigenvalue weighted by molar-refractivity contribution is 7.84. The largest absolute Gasteiger partial charge is 0.379 e. The number of carbonyl (C=O) groups excluding carboxylic acids is 1. The molecule has 1 aromatic carbocycles. The Labute approximate surface area is 137 Å². The average molecular weight is 350 g/mol. The molecule has 0 spiro atoms. The Morgan fingerprint density at radius 1 is 1.45 bits per heavy atom. The summed E-state index contributed by atoms with van der Waals surface area (Å²) in [4.78, 5) is 11.6. The van der Waals surface area contributed by atoms with E-state index in [4.69, 9.17) is 16.3 Å². The molecule has 0 unspecified atom stereocenters. The molecule has 0 bridgehead atoms. The molecule has 0 aliphatic carbocycles. The van der Waals surface area contributed by atoms with E-state index < -0.39 is 16.6 Å². The highest BCUT2D eigenvalue weighted by Gasteiger charge is 2.13. The second-order valence-electron chi connectivity index (χ2n) is 5.05. The topological polar surface area (TPSA) is 55.4 Å². The quantitative estimate of drug-likeness (QED) is 0.697. The van der Waals surface area contributed by atoms with Gasteiger partial charge in [0.05, 0.1) is 11.9 Å². The minimum absolute atomic E-state index is 0.0740. The number of carbonyl (C=O) groups is 1. The van der Waals surface area contributed by atoms with E-state index in [0.717, 1.165) is 0 Å². The number of benzene rings is 1. The molecular formula is C15H21ClFNO3S. The van der Waals surface area contributed by atoms with E-state index in [1.165, 1.54) is 18.2 Å². The minimum Gasteiger partial charge on any atom is -0.379 e. The van der Waals surface area contributed by atoms with Crippen molar-refractivity contribution in [2.75, 3.05) is 18.9 Å². The van der Waals surface area contributed by atoms with Crippen LogP contribution in [0.15, 0.2) is 18.2 Å². The van der Waals surface area contributed by atoms with Gasteiger partial charge in [-0.3, -0.25) is 9.00 Å². The van der Waals surface area contributed by atoms with Crippen LogP contribution in [-0.4, -0.2) is 35.1 Å². The van der Waals surface area contributed by atoms with Crippen LogP contribution in [0.2, 0.25) is 5.02 Å². The van der Waals surface area contributed by atoms with Crippen LogP contribution in [0, 0.1) is 5.82 Å². The second kappa shape index (κ2) is 9.92. The average Bonchev–Trinajstić information content (AvgIpc) is 2.42. The molecule has 0 aromatic heterocycles. The SMILES string of the molecule is CC(C)OCCCNC(=O)C[S@@](=O)Cc1c(F)cccc1Cl. The third-order valence-corrected chi connectivity index (χ3v) is 4.30. The lowest BCUT2D eigenvalue weighted by atomic mass is 10.2. The van der Waals surface area contributed by atoms with Crippen molar-refractivity contribution in [2.45, 2.75) is 32.1 Å². The molecular weight excluding hydrogens is 329 g/mol. The van der Waals surface area contributed by atoms with Crippen molar-refractivity contribution in [2.24, 2.45) is 0 Å². The van der Waals surface area contributed by atoms with Crippen molar-refractivity contribution in [3.05, 3.63) is 34.6 Å². The molecule has 1 amide bonds. The van der Waals surface area contributed by atoms with Gasteiger partial charge in [-0.2, -0.15) is 0 Å². The Kier molecular flexibility index (Phi) is 8.60. The highest BCUT2D eigenvalue weighted by Crippen LogP contribution is 2.20. The smallest absolute Gasteiger partial charge is 0.232 e. The lowest BCUT2D eigenvalue weighted by molar-refractivity contribution is -0.118. The van der Waals surface area contributed by atoms with Crippen molar-refractivity contribution < 1.29 is 18.1 Å². The first-order valence-corrected chi connectivity index (χ1v) is 8.93.